The van der Waals surface area contributed by atoms with E-state index >= 15 is 0 Å². The third kappa shape index (κ3) is 6.02. The molecule has 0 bridgehead atoms. The Labute approximate surface area is 173 Å². The highest BCUT2D eigenvalue weighted by Gasteiger charge is 2.31. The number of aromatic nitrogens is 2. The topological polar surface area (TPSA) is 73.6 Å². The number of ether oxygens (including phenoxy) is 2. The molecule has 0 aliphatic rings. The Morgan fingerprint density at radius 2 is 1.90 bits per heavy atom. The molecule has 158 valence electrons. The zero-order valence-corrected chi connectivity index (χ0v) is 18.0. The molecule has 0 amide bonds. The number of hydrogen-bond donors (Lipinski definition) is 1. The number of aliphatic hydroxyl groups excluding tert-OH is 1. The lowest BCUT2D eigenvalue weighted by Gasteiger charge is -2.25. The summed E-state index contributed by atoms with van der Waals surface area (Å²) >= 11 is 0. The van der Waals surface area contributed by atoms with Crippen LogP contribution in [0.15, 0.2) is 36.9 Å². The van der Waals surface area contributed by atoms with Gasteiger partial charge < -0.3 is 19.1 Å². The van der Waals surface area contributed by atoms with E-state index in [1.807, 2.05) is 45.0 Å². The number of aryl methyl sites for hydroxylation is 3. The summed E-state index contributed by atoms with van der Waals surface area (Å²) in [5.41, 5.74) is 3.97. The molecule has 0 fully saturated rings. The van der Waals surface area contributed by atoms with Crippen LogP contribution in [0.3, 0.4) is 0 Å². The molecule has 2 rings (SSSR count). The van der Waals surface area contributed by atoms with Crippen molar-refractivity contribution in [3.8, 4) is 5.82 Å². The fourth-order valence-electron chi connectivity index (χ4n) is 3.37. The van der Waals surface area contributed by atoms with Crippen LogP contribution in [0, 0.1) is 26.7 Å². The summed E-state index contributed by atoms with van der Waals surface area (Å²) in [6.45, 7) is 13.2. The Morgan fingerprint density at radius 3 is 2.45 bits per heavy atom. The molecule has 2 heterocycles. The van der Waals surface area contributed by atoms with Gasteiger partial charge in [-0.3, -0.25) is 4.79 Å². The van der Waals surface area contributed by atoms with Crippen LogP contribution in [-0.2, 0) is 20.7 Å². The van der Waals surface area contributed by atoms with Crippen molar-refractivity contribution in [2.24, 2.45) is 5.92 Å². The normalized spacial score (nSPS) is 13.3. The number of pyridine rings is 1. The molecule has 2 aromatic heterocycles. The van der Waals surface area contributed by atoms with Crippen molar-refractivity contribution in [3.63, 3.8) is 0 Å². The molecule has 2 aromatic rings. The molecule has 2 atom stereocenters. The maximum Gasteiger partial charge on any atom is 0.312 e. The van der Waals surface area contributed by atoms with E-state index in [4.69, 9.17) is 14.5 Å². The molecule has 1 N–H and O–H groups in total. The maximum atomic E-state index is 12.8. The second-order valence-electron chi connectivity index (χ2n) is 7.58. The van der Waals surface area contributed by atoms with E-state index in [9.17, 15) is 9.90 Å². The summed E-state index contributed by atoms with van der Waals surface area (Å²) in [6, 6.07) is 8.07. The standard InChI is InChI=1S/C23H32N2O4/c1-7-10-28-21(14-26)20(23(27)29-15(2)3)13-19-11-16(4)12-22(24-19)25-17(5)8-9-18(25)6/h7-9,11-12,15,20-21,26H,1,10,13-14H2,2-6H3/t20-,21-/m0/s1. The minimum absolute atomic E-state index is 0.241. The Morgan fingerprint density at radius 1 is 1.24 bits per heavy atom. The molecule has 0 spiro atoms. The second kappa shape index (κ2) is 10.4. The average molecular weight is 401 g/mol. The van der Waals surface area contributed by atoms with Gasteiger partial charge in [-0.05, 0) is 64.4 Å². The SMILES string of the molecule is C=CCO[C@@H](CO)[C@H](Cc1cc(C)cc(-n2c(C)ccc2C)n1)C(=O)OC(C)C. The van der Waals surface area contributed by atoms with E-state index in [1.165, 1.54) is 0 Å². The zero-order valence-electron chi connectivity index (χ0n) is 18.0. The van der Waals surface area contributed by atoms with Crippen molar-refractivity contribution in [3.05, 3.63) is 59.6 Å². The quantitative estimate of drug-likeness (QED) is 0.488. The monoisotopic (exact) mass is 400 g/mol. The van der Waals surface area contributed by atoms with E-state index in [0.717, 1.165) is 28.5 Å². The van der Waals surface area contributed by atoms with Crippen LogP contribution in [0.25, 0.3) is 5.82 Å². The third-order valence-electron chi connectivity index (χ3n) is 4.65. The van der Waals surface area contributed by atoms with Crippen LogP contribution in [0.4, 0.5) is 0 Å². The van der Waals surface area contributed by atoms with Crippen LogP contribution < -0.4 is 0 Å². The summed E-state index contributed by atoms with van der Waals surface area (Å²) in [6.07, 6.45) is 0.950. The first kappa shape index (κ1) is 22.8. The Kier molecular flexibility index (Phi) is 8.17. The van der Waals surface area contributed by atoms with E-state index in [2.05, 4.69) is 11.1 Å². The minimum atomic E-state index is -0.694. The Hall–Kier alpha value is -2.44. The van der Waals surface area contributed by atoms with Gasteiger partial charge in [-0.25, -0.2) is 4.98 Å². The van der Waals surface area contributed by atoms with Crippen LogP contribution in [0.1, 0.15) is 36.5 Å². The number of nitrogens with zero attached hydrogens (tertiary/aromatic N) is 2. The minimum Gasteiger partial charge on any atom is -0.463 e. The predicted molar refractivity (Wildman–Crippen MR) is 113 cm³/mol. The number of esters is 1. The highest BCUT2D eigenvalue weighted by Crippen LogP contribution is 2.21. The summed E-state index contributed by atoms with van der Waals surface area (Å²) in [4.78, 5) is 17.6. The first-order chi connectivity index (χ1) is 13.8. The van der Waals surface area contributed by atoms with E-state index < -0.39 is 18.0 Å². The maximum absolute atomic E-state index is 12.8. The van der Waals surface area contributed by atoms with Crippen LogP contribution in [-0.4, -0.2) is 46.0 Å². The lowest BCUT2D eigenvalue weighted by Crippen LogP contribution is -2.37. The molecule has 0 unspecified atom stereocenters. The number of aliphatic hydroxyl groups is 1. The van der Waals surface area contributed by atoms with Gasteiger partial charge in [0, 0.05) is 23.5 Å². The molecule has 0 aromatic carbocycles. The summed E-state index contributed by atoms with van der Waals surface area (Å²) in [7, 11) is 0. The van der Waals surface area contributed by atoms with Crippen molar-refractivity contribution in [2.75, 3.05) is 13.2 Å². The lowest BCUT2D eigenvalue weighted by atomic mass is 9.96. The van der Waals surface area contributed by atoms with Gasteiger partial charge in [0.05, 0.1) is 31.3 Å². The zero-order chi connectivity index (χ0) is 21.6. The van der Waals surface area contributed by atoms with E-state index in [1.54, 1.807) is 19.9 Å². The molecule has 0 radical (unpaired) electrons. The highest BCUT2D eigenvalue weighted by molar-refractivity contribution is 5.73. The summed E-state index contributed by atoms with van der Waals surface area (Å²) < 4.78 is 13.2. The first-order valence-electron chi connectivity index (χ1n) is 9.93. The molecular formula is C23H32N2O4. The fraction of sp³-hybridized carbons (Fsp3) is 0.478. The van der Waals surface area contributed by atoms with Gasteiger partial charge in [-0.15, -0.1) is 6.58 Å². The van der Waals surface area contributed by atoms with E-state index in [0.29, 0.717) is 6.42 Å². The molecule has 6 nitrogen and oxygen atoms in total. The van der Waals surface area contributed by atoms with Gasteiger partial charge in [-0.1, -0.05) is 6.08 Å². The third-order valence-corrected chi connectivity index (χ3v) is 4.65. The molecule has 6 heteroatoms. The smallest absolute Gasteiger partial charge is 0.312 e. The van der Waals surface area contributed by atoms with Crippen molar-refractivity contribution >= 4 is 5.97 Å². The number of rotatable bonds is 10. The largest absolute Gasteiger partial charge is 0.463 e. The van der Waals surface area contributed by atoms with Crippen LogP contribution in [0.2, 0.25) is 0 Å². The molecule has 0 aliphatic heterocycles. The average Bonchev–Trinajstić information content (AvgIpc) is 2.98. The van der Waals surface area contributed by atoms with Gasteiger partial charge in [0.15, 0.2) is 0 Å². The van der Waals surface area contributed by atoms with Gasteiger partial charge in [0.2, 0.25) is 0 Å². The number of carbonyl (C=O) groups is 1. The second-order valence-corrected chi connectivity index (χ2v) is 7.58. The molecule has 0 aliphatic carbocycles. The molecular weight excluding hydrogens is 368 g/mol. The van der Waals surface area contributed by atoms with Crippen molar-refractivity contribution in [2.45, 2.75) is 53.2 Å². The summed E-state index contributed by atoms with van der Waals surface area (Å²) in [5.74, 6) is -0.263. The van der Waals surface area contributed by atoms with E-state index in [-0.39, 0.29) is 19.3 Å². The van der Waals surface area contributed by atoms with Crippen molar-refractivity contribution in [1.82, 2.24) is 9.55 Å². The lowest BCUT2D eigenvalue weighted by molar-refractivity contribution is -0.159. The first-order valence-corrected chi connectivity index (χ1v) is 9.93. The number of hydrogen-bond acceptors (Lipinski definition) is 5. The Balaban J connectivity index is 2.39. The van der Waals surface area contributed by atoms with Crippen molar-refractivity contribution in [1.29, 1.82) is 0 Å². The number of carbonyl (C=O) groups excluding carboxylic acids is 1. The molecule has 29 heavy (non-hydrogen) atoms. The van der Waals surface area contributed by atoms with Gasteiger partial charge in [-0.2, -0.15) is 0 Å². The highest BCUT2D eigenvalue weighted by atomic mass is 16.5. The van der Waals surface area contributed by atoms with Crippen LogP contribution in [0.5, 0.6) is 0 Å². The van der Waals surface area contributed by atoms with Crippen LogP contribution >= 0.6 is 0 Å². The molecule has 0 saturated carbocycles. The van der Waals surface area contributed by atoms with Gasteiger partial charge in [0.1, 0.15) is 5.82 Å². The summed E-state index contributed by atoms with van der Waals surface area (Å²) in [5, 5.41) is 9.82. The van der Waals surface area contributed by atoms with Gasteiger partial charge in [0.25, 0.3) is 0 Å². The fourth-order valence-corrected chi connectivity index (χ4v) is 3.37. The molecule has 0 saturated heterocycles. The van der Waals surface area contributed by atoms with Gasteiger partial charge >= 0.3 is 5.97 Å². The van der Waals surface area contributed by atoms with Crippen molar-refractivity contribution < 1.29 is 19.4 Å². The Bertz CT molecular complexity index is 822. The predicted octanol–water partition coefficient (Wildman–Crippen LogP) is 3.47.